The van der Waals surface area contributed by atoms with E-state index >= 15 is 0 Å². The van der Waals surface area contributed by atoms with Gasteiger partial charge in [0.15, 0.2) is 11.6 Å². The first-order chi connectivity index (χ1) is 8.48. The summed E-state index contributed by atoms with van der Waals surface area (Å²) in [7, 11) is -2.12. The highest BCUT2D eigenvalue weighted by Crippen LogP contribution is 2.21. The zero-order chi connectivity index (χ0) is 13.6. The summed E-state index contributed by atoms with van der Waals surface area (Å²) in [5, 5.41) is 2.91. The Kier molecular flexibility index (Phi) is 5.36. The van der Waals surface area contributed by atoms with Crippen LogP contribution in [0, 0.1) is 5.82 Å². The average Bonchev–Trinajstić information content (AvgIpc) is 2.29. The van der Waals surface area contributed by atoms with E-state index in [-0.39, 0.29) is 17.2 Å². The molecule has 1 rings (SSSR count). The summed E-state index contributed by atoms with van der Waals surface area (Å²) in [6.07, 6.45) is 0. The molecule has 102 valence electrons. The molecule has 0 aliphatic rings. The lowest BCUT2D eigenvalue weighted by molar-refractivity contribution is 0.386. The van der Waals surface area contributed by atoms with Crippen LogP contribution >= 0.6 is 0 Å². The topological polar surface area (TPSA) is 67.4 Å². The number of halogens is 1. The van der Waals surface area contributed by atoms with Crippen LogP contribution in [0.1, 0.15) is 6.92 Å². The molecule has 0 unspecified atom stereocenters. The number of hydrogen-bond donors (Lipinski definition) is 2. The maximum Gasteiger partial charge on any atom is 0.233 e. The zero-order valence-corrected chi connectivity index (χ0v) is 11.2. The lowest BCUT2D eigenvalue weighted by atomic mass is 10.3. The minimum absolute atomic E-state index is 0.0610. The Morgan fingerprint density at radius 1 is 1.39 bits per heavy atom. The van der Waals surface area contributed by atoms with Crippen molar-refractivity contribution in [3.63, 3.8) is 0 Å². The number of nitrogens with one attached hydrogen (secondary N) is 2. The van der Waals surface area contributed by atoms with Gasteiger partial charge in [-0.1, -0.05) is 6.92 Å². The molecule has 1 aromatic rings. The Morgan fingerprint density at radius 3 is 2.67 bits per heavy atom. The largest absolute Gasteiger partial charge is 0.494 e. The Balaban J connectivity index is 2.69. The van der Waals surface area contributed by atoms with Crippen molar-refractivity contribution < 1.29 is 17.5 Å². The average molecular weight is 276 g/mol. The maximum absolute atomic E-state index is 13.4. The van der Waals surface area contributed by atoms with Gasteiger partial charge in [0, 0.05) is 12.6 Å². The molecule has 0 aliphatic carbocycles. The van der Waals surface area contributed by atoms with E-state index < -0.39 is 15.8 Å². The first-order valence-corrected chi connectivity index (χ1v) is 7.18. The maximum atomic E-state index is 13.4. The molecule has 0 aliphatic heterocycles. The highest BCUT2D eigenvalue weighted by molar-refractivity contribution is 7.92. The van der Waals surface area contributed by atoms with Crippen LogP contribution in [0.15, 0.2) is 18.2 Å². The van der Waals surface area contributed by atoms with Gasteiger partial charge in [0.2, 0.25) is 10.0 Å². The summed E-state index contributed by atoms with van der Waals surface area (Å²) in [6.45, 7) is 2.94. The van der Waals surface area contributed by atoms with Crippen molar-refractivity contribution in [1.82, 2.24) is 5.32 Å². The van der Waals surface area contributed by atoms with Crippen LogP contribution in [0.5, 0.6) is 5.75 Å². The van der Waals surface area contributed by atoms with Gasteiger partial charge in [-0.15, -0.1) is 0 Å². The summed E-state index contributed by atoms with van der Waals surface area (Å²) < 4.78 is 43.7. The second kappa shape index (κ2) is 6.55. The fraction of sp³-hybridized carbons (Fsp3) is 0.455. The molecule has 0 heterocycles. The van der Waals surface area contributed by atoms with Gasteiger partial charge >= 0.3 is 0 Å². The minimum Gasteiger partial charge on any atom is -0.494 e. The number of ether oxygens (including phenoxy) is 1. The van der Waals surface area contributed by atoms with E-state index in [1.165, 1.54) is 19.2 Å². The van der Waals surface area contributed by atoms with Crippen LogP contribution in [0.3, 0.4) is 0 Å². The van der Waals surface area contributed by atoms with Crippen molar-refractivity contribution in [1.29, 1.82) is 0 Å². The molecular weight excluding hydrogens is 259 g/mol. The number of methoxy groups -OCH3 is 1. The molecule has 0 saturated heterocycles. The Labute approximate surface area is 106 Å². The molecule has 0 radical (unpaired) electrons. The molecular formula is C11H17FN2O3S. The molecule has 18 heavy (non-hydrogen) atoms. The monoisotopic (exact) mass is 276 g/mol. The molecule has 0 atom stereocenters. The van der Waals surface area contributed by atoms with Crippen molar-refractivity contribution in [3.8, 4) is 5.75 Å². The highest BCUT2D eigenvalue weighted by Gasteiger charge is 2.11. The highest BCUT2D eigenvalue weighted by atomic mass is 32.2. The second-order valence-corrected chi connectivity index (χ2v) is 5.47. The second-order valence-electron chi connectivity index (χ2n) is 3.62. The molecule has 0 aromatic heterocycles. The first-order valence-electron chi connectivity index (χ1n) is 5.53. The predicted molar refractivity (Wildman–Crippen MR) is 68.9 cm³/mol. The van der Waals surface area contributed by atoms with Gasteiger partial charge in [-0.25, -0.2) is 12.8 Å². The van der Waals surface area contributed by atoms with Gasteiger partial charge in [-0.2, -0.15) is 0 Å². The summed E-state index contributed by atoms with van der Waals surface area (Å²) >= 11 is 0. The van der Waals surface area contributed by atoms with Crippen molar-refractivity contribution in [3.05, 3.63) is 24.0 Å². The van der Waals surface area contributed by atoms with E-state index in [9.17, 15) is 12.8 Å². The van der Waals surface area contributed by atoms with E-state index in [0.717, 1.165) is 6.07 Å². The molecule has 0 saturated carbocycles. The number of hydrogen-bond acceptors (Lipinski definition) is 4. The molecule has 7 heteroatoms. The Hall–Kier alpha value is -1.34. The minimum atomic E-state index is -3.46. The lowest BCUT2D eigenvalue weighted by Crippen LogP contribution is -2.26. The van der Waals surface area contributed by atoms with Gasteiger partial charge in [-0.3, -0.25) is 4.72 Å². The Bertz CT molecular complexity index is 491. The van der Waals surface area contributed by atoms with Crippen molar-refractivity contribution in [2.45, 2.75) is 6.92 Å². The van der Waals surface area contributed by atoms with Gasteiger partial charge < -0.3 is 10.1 Å². The van der Waals surface area contributed by atoms with Crippen LogP contribution < -0.4 is 14.8 Å². The van der Waals surface area contributed by atoms with Crippen LogP contribution in [-0.4, -0.2) is 34.4 Å². The predicted octanol–water partition coefficient (Wildman–Crippen LogP) is 1.19. The van der Waals surface area contributed by atoms with E-state index in [4.69, 9.17) is 4.74 Å². The summed E-state index contributed by atoms with van der Waals surface area (Å²) in [5.41, 5.74) is 0.185. The fourth-order valence-electron chi connectivity index (χ4n) is 1.34. The van der Waals surface area contributed by atoms with Gasteiger partial charge in [-0.05, 0) is 18.7 Å². The quantitative estimate of drug-likeness (QED) is 0.734. The molecule has 0 amide bonds. The standard InChI is InChI=1S/C11H17FN2O3S/c1-3-13-6-7-18(15,16)14-9-4-5-11(17-2)10(12)8-9/h4-5,8,13-14H,3,6-7H2,1-2H3. The molecule has 0 spiro atoms. The zero-order valence-electron chi connectivity index (χ0n) is 10.4. The third-order valence-electron chi connectivity index (χ3n) is 2.22. The van der Waals surface area contributed by atoms with E-state index in [1.54, 1.807) is 0 Å². The lowest BCUT2D eigenvalue weighted by Gasteiger charge is -2.09. The molecule has 5 nitrogen and oxygen atoms in total. The van der Waals surface area contributed by atoms with Gasteiger partial charge in [0.25, 0.3) is 0 Å². The van der Waals surface area contributed by atoms with Crippen LogP contribution in [0.2, 0.25) is 0 Å². The van der Waals surface area contributed by atoms with E-state index in [1.807, 2.05) is 6.92 Å². The van der Waals surface area contributed by atoms with Crippen LogP contribution in [0.25, 0.3) is 0 Å². The third-order valence-corrected chi connectivity index (χ3v) is 3.51. The Morgan fingerprint density at radius 2 is 2.11 bits per heavy atom. The number of sulfonamides is 1. The van der Waals surface area contributed by atoms with E-state index in [2.05, 4.69) is 10.0 Å². The summed E-state index contributed by atoms with van der Waals surface area (Å²) in [6, 6.07) is 3.91. The molecule has 1 aromatic carbocycles. The molecule has 0 fully saturated rings. The van der Waals surface area contributed by atoms with Gasteiger partial charge in [0.1, 0.15) is 0 Å². The summed E-state index contributed by atoms with van der Waals surface area (Å²) in [4.78, 5) is 0. The smallest absolute Gasteiger partial charge is 0.233 e. The normalized spacial score (nSPS) is 11.3. The van der Waals surface area contributed by atoms with Crippen LogP contribution in [0.4, 0.5) is 10.1 Å². The SMILES string of the molecule is CCNCCS(=O)(=O)Nc1ccc(OC)c(F)c1. The van der Waals surface area contributed by atoms with Crippen molar-refractivity contribution in [2.75, 3.05) is 30.7 Å². The number of benzene rings is 1. The third kappa shape index (κ3) is 4.50. The molecule has 0 bridgehead atoms. The number of rotatable bonds is 7. The summed E-state index contributed by atoms with van der Waals surface area (Å²) in [5.74, 6) is -0.593. The fourth-order valence-corrected chi connectivity index (χ4v) is 2.34. The molecule has 2 N–H and O–H groups in total. The van der Waals surface area contributed by atoms with Crippen molar-refractivity contribution >= 4 is 15.7 Å². The van der Waals surface area contributed by atoms with Crippen LogP contribution in [-0.2, 0) is 10.0 Å². The van der Waals surface area contributed by atoms with E-state index in [0.29, 0.717) is 13.1 Å². The van der Waals surface area contributed by atoms with Crippen molar-refractivity contribution in [2.24, 2.45) is 0 Å². The number of anilines is 1. The first kappa shape index (κ1) is 14.7. The van der Waals surface area contributed by atoms with Gasteiger partial charge in [0.05, 0.1) is 18.6 Å².